The number of nitrogens with zero attached hydrogens (tertiary/aromatic N) is 4. The van der Waals surface area contributed by atoms with Crippen molar-refractivity contribution in [1.29, 1.82) is 0 Å². The van der Waals surface area contributed by atoms with E-state index in [9.17, 15) is 14.4 Å². The van der Waals surface area contributed by atoms with Gasteiger partial charge in [0.2, 0.25) is 0 Å². The van der Waals surface area contributed by atoms with E-state index in [0.29, 0.717) is 37.4 Å². The fourth-order valence-corrected chi connectivity index (χ4v) is 5.83. The van der Waals surface area contributed by atoms with Crippen molar-refractivity contribution in [3.8, 4) is 11.8 Å². The average molecular weight is 527 g/mol. The van der Waals surface area contributed by atoms with Gasteiger partial charge >= 0.3 is 0 Å². The zero-order valence-electron chi connectivity index (χ0n) is 21.4. The van der Waals surface area contributed by atoms with Crippen molar-refractivity contribution in [2.75, 3.05) is 44.2 Å². The van der Waals surface area contributed by atoms with E-state index in [1.165, 1.54) is 11.3 Å². The third kappa shape index (κ3) is 5.95. The Labute approximate surface area is 227 Å². The molecular formula is C30H30N4O3S. The van der Waals surface area contributed by atoms with Crippen molar-refractivity contribution >= 4 is 34.6 Å². The zero-order chi connectivity index (χ0) is 26.5. The molecule has 0 N–H and O–H groups in total. The summed E-state index contributed by atoms with van der Waals surface area (Å²) in [6.45, 7) is 5.59. The van der Waals surface area contributed by atoms with Crippen molar-refractivity contribution in [3.05, 3.63) is 81.8 Å². The van der Waals surface area contributed by atoms with Gasteiger partial charge < -0.3 is 14.7 Å². The monoisotopic (exact) mass is 526 g/mol. The molecule has 0 spiro atoms. The molecule has 0 atom stereocenters. The largest absolute Gasteiger partial charge is 0.368 e. The maximum absolute atomic E-state index is 13.1. The Morgan fingerprint density at radius 1 is 0.868 bits per heavy atom. The van der Waals surface area contributed by atoms with Gasteiger partial charge in [-0.05, 0) is 56.2 Å². The van der Waals surface area contributed by atoms with E-state index in [1.54, 1.807) is 11.8 Å². The van der Waals surface area contributed by atoms with Crippen LogP contribution in [0.2, 0.25) is 0 Å². The number of aromatic nitrogens is 1. The quantitative estimate of drug-likeness (QED) is 0.379. The Kier molecular flexibility index (Phi) is 7.85. The Bertz CT molecular complexity index is 1360. The Balaban J connectivity index is 1.11. The summed E-state index contributed by atoms with van der Waals surface area (Å²) < 4.78 is 0. The number of carbonyl (C=O) groups excluding carboxylic acids is 3. The van der Waals surface area contributed by atoms with Crippen LogP contribution in [0.15, 0.2) is 60.0 Å². The number of thiazole rings is 1. The van der Waals surface area contributed by atoms with Crippen LogP contribution in [0, 0.1) is 11.8 Å². The number of hydrogen-bond acceptors (Lipinski definition) is 6. The summed E-state index contributed by atoms with van der Waals surface area (Å²) in [5, 5.41) is 2.84. The first-order valence-corrected chi connectivity index (χ1v) is 13.8. The molecule has 7 nitrogen and oxygen atoms in total. The second-order valence-electron chi connectivity index (χ2n) is 9.64. The molecule has 0 saturated carbocycles. The number of amides is 2. The lowest BCUT2D eigenvalue weighted by Gasteiger charge is -2.36. The highest BCUT2D eigenvalue weighted by atomic mass is 32.1. The van der Waals surface area contributed by atoms with Crippen LogP contribution in [0.1, 0.15) is 57.1 Å². The first-order chi connectivity index (χ1) is 18.5. The molecule has 38 heavy (non-hydrogen) atoms. The lowest BCUT2D eigenvalue weighted by molar-refractivity contribution is -0.126. The van der Waals surface area contributed by atoms with Crippen LogP contribution in [-0.4, -0.2) is 71.6 Å². The number of anilines is 1. The number of Topliss-reactive ketones (excluding diaryl/α,β-unsaturated/α-hetero) is 1. The third-order valence-electron chi connectivity index (χ3n) is 7.17. The first-order valence-electron chi connectivity index (χ1n) is 12.9. The van der Waals surface area contributed by atoms with E-state index in [4.69, 9.17) is 4.98 Å². The van der Waals surface area contributed by atoms with Crippen molar-refractivity contribution in [2.24, 2.45) is 0 Å². The smallest absolute Gasteiger partial charge is 0.298 e. The van der Waals surface area contributed by atoms with E-state index >= 15 is 0 Å². The second-order valence-corrected chi connectivity index (χ2v) is 10.5. The Morgan fingerprint density at radius 2 is 1.55 bits per heavy atom. The minimum absolute atomic E-state index is 0.0251. The van der Waals surface area contributed by atoms with Gasteiger partial charge in [-0.25, -0.2) is 4.98 Å². The minimum Gasteiger partial charge on any atom is -0.368 e. The predicted octanol–water partition coefficient (Wildman–Crippen LogP) is 4.07. The summed E-state index contributed by atoms with van der Waals surface area (Å²) in [6, 6.07) is 17.2. The maximum Gasteiger partial charge on any atom is 0.298 e. The van der Waals surface area contributed by atoms with E-state index < -0.39 is 0 Å². The fraction of sp³-hybridized carbons (Fsp3) is 0.333. The molecule has 2 aliphatic rings. The summed E-state index contributed by atoms with van der Waals surface area (Å²) >= 11 is 1.54. The second kappa shape index (κ2) is 11.6. The molecule has 2 aromatic carbocycles. The summed E-state index contributed by atoms with van der Waals surface area (Å²) in [4.78, 5) is 47.8. The topological polar surface area (TPSA) is 73.8 Å². The molecule has 2 aliphatic heterocycles. The predicted molar refractivity (Wildman–Crippen MR) is 149 cm³/mol. The number of piperidine rings is 1. The van der Waals surface area contributed by atoms with E-state index in [0.717, 1.165) is 42.2 Å². The van der Waals surface area contributed by atoms with Gasteiger partial charge in [0.15, 0.2) is 5.78 Å². The van der Waals surface area contributed by atoms with Gasteiger partial charge in [0.1, 0.15) is 5.69 Å². The highest BCUT2D eigenvalue weighted by Gasteiger charge is 2.28. The molecule has 1 aromatic heterocycles. The van der Waals surface area contributed by atoms with Crippen LogP contribution >= 0.6 is 11.3 Å². The molecule has 194 valence electrons. The number of rotatable bonds is 4. The number of hydrogen-bond donors (Lipinski definition) is 0. The summed E-state index contributed by atoms with van der Waals surface area (Å²) in [5.41, 5.74) is 3.11. The molecule has 0 bridgehead atoms. The lowest BCUT2D eigenvalue weighted by atomic mass is 9.97. The molecule has 3 aromatic rings. The number of ketones is 1. The molecule has 5 rings (SSSR count). The summed E-state index contributed by atoms with van der Waals surface area (Å²) in [5.74, 6) is 5.84. The molecule has 0 radical (unpaired) electrons. The minimum atomic E-state index is -0.142. The Morgan fingerprint density at radius 3 is 2.21 bits per heavy atom. The molecule has 3 heterocycles. The van der Waals surface area contributed by atoms with Gasteiger partial charge in [0.05, 0.1) is 5.01 Å². The molecule has 2 amide bonds. The van der Waals surface area contributed by atoms with Crippen LogP contribution < -0.4 is 4.90 Å². The molecule has 2 fully saturated rings. The van der Waals surface area contributed by atoms with Crippen molar-refractivity contribution in [1.82, 2.24) is 14.8 Å². The van der Waals surface area contributed by atoms with Crippen LogP contribution in [0.3, 0.4) is 0 Å². The average Bonchev–Trinajstić information content (AvgIpc) is 3.47. The van der Waals surface area contributed by atoms with Crippen LogP contribution in [0.4, 0.5) is 5.69 Å². The van der Waals surface area contributed by atoms with Crippen molar-refractivity contribution in [3.63, 3.8) is 0 Å². The molecule has 0 unspecified atom stereocenters. The highest BCUT2D eigenvalue weighted by molar-refractivity contribution is 7.09. The van der Waals surface area contributed by atoms with Crippen LogP contribution in [-0.2, 0) is 4.79 Å². The highest BCUT2D eigenvalue weighted by Crippen LogP contribution is 2.31. The normalized spacial score (nSPS) is 16.1. The molecule has 2 saturated heterocycles. The molecule has 8 heteroatoms. The number of benzene rings is 2. The van der Waals surface area contributed by atoms with Crippen LogP contribution in [0.5, 0.6) is 0 Å². The molecular weight excluding hydrogens is 496 g/mol. The van der Waals surface area contributed by atoms with Gasteiger partial charge in [0, 0.05) is 73.3 Å². The summed E-state index contributed by atoms with van der Waals surface area (Å²) in [7, 11) is 0. The summed E-state index contributed by atoms with van der Waals surface area (Å²) in [6.07, 6.45) is 1.64. The zero-order valence-corrected chi connectivity index (χ0v) is 22.2. The number of piperazine rings is 1. The van der Waals surface area contributed by atoms with Crippen molar-refractivity contribution in [2.45, 2.75) is 25.7 Å². The van der Waals surface area contributed by atoms with E-state index in [2.05, 4.69) is 16.7 Å². The first kappa shape index (κ1) is 25.7. The van der Waals surface area contributed by atoms with Crippen LogP contribution in [0.25, 0.3) is 0 Å². The lowest BCUT2D eigenvalue weighted by Crippen LogP contribution is -2.48. The SMILES string of the molecule is CC(=O)c1ccc(N2CCN(C(=O)c3csc(C4CCN(C(=O)C#Cc5ccccc5)CC4)n3)CC2)cc1. The van der Waals surface area contributed by atoms with E-state index in [-0.39, 0.29) is 23.5 Å². The number of likely N-dealkylation sites (tertiary alicyclic amines) is 1. The van der Waals surface area contributed by atoms with Gasteiger partial charge in [-0.3, -0.25) is 14.4 Å². The maximum atomic E-state index is 13.1. The van der Waals surface area contributed by atoms with Gasteiger partial charge in [-0.1, -0.05) is 24.1 Å². The van der Waals surface area contributed by atoms with Gasteiger partial charge in [-0.2, -0.15) is 0 Å². The van der Waals surface area contributed by atoms with Gasteiger partial charge in [0.25, 0.3) is 11.8 Å². The standard InChI is InChI=1S/C30H30N4O3S/c1-22(35)24-8-10-26(11-9-24)32-17-19-34(20-18-32)30(37)27-21-38-29(31-27)25-13-15-33(16-14-25)28(36)12-7-23-5-3-2-4-6-23/h2-6,8-11,21,25H,13-20H2,1H3. The third-order valence-corrected chi connectivity index (χ3v) is 8.17. The van der Waals surface area contributed by atoms with Crippen molar-refractivity contribution < 1.29 is 14.4 Å². The number of carbonyl (C=O) groups is 3. The molecule has 0 aliphatic carbocycles. The van der Waals surface area contributed by atoms with Gasteiger partial charge in [-0.15, -0.1) is 11.3 Å². The van der Waals surface area contributed by atoms with E-state index in [1.807, 2.05) is 64.9 Å². The fourth-order valence-electron chi connectivity index (χ4n) is 4.87. The Hall–Kier alpha value is -3.96.